The van der Waals surface area contributed by atoms with Gasteiger partial charge in [0.1, 0.15) is 11.4 Å². The van der Waals surface area contributed by atoms with Crippen LogP contribution in [0.4, 0.5) is 5.69 Å². The van der Waals surface area contributed by atoms with Crippen LogP contribution >= 0.6 is 0 Å². The minimum Gasteiger partial charge on any atom is -0.388 e. The van der Waals surface area contributed by atoms with Crippen LogP contribution in [0.2, 0.25) is 0 Å². The van der Waals surface area contributed by atoms with E-state index < -0.39 is 10.5 Å². The lowest BCUT2D eigenvalue weighted by Crippen LogP contribution is -2.31. The Morgan fingerprint density at radius 2 is 2.06 bits per heavy atom. The molecule has 0 aromatic carbocycles. The minimum atomic E-state index is -0.739. The molecule has 1 aromatic heterocycles. The van der Waals surface area contributed by atoms with Gasteiger partial charge in [0.25, 0.3) is 0 Å². The summed E-state index contributed by atoms with van der Waals surface area (Å²) in [5.74, 6) is 0. The molecular formula is C11H17N3O3. The molecule has 1 aliphatic rings. The molecule has 1 N–H and O–H groups in total. The molecule has 17 heavy (non-hydrogen) atoms. The molecule has 0 spiro atoms. The fourth-order valence-corrected chi connectivity index (χ4v) is 2.58. The Bertz CT molecular complexity index is 447. The minimum absolute atomic E-state index is 0.0617. The maximum absolute atomic E-state index is 10.9. The molecule has 6 nitrogen and oxygen atoms in total. The average molecular weight is 239 g/mol. The maximum atomic E-state index is 10.9. The number of aryl methyl sites for hydroxylation is 1. The SMILES string of the molecule is Cc1nn(CC2(O)CCCC2)c(C)c1[N+](=O)[O-]. The predicted molar refractivity (Wildman–Crippen MR) is 61.8 cm³/mol. The van der Waals surface area contributed by atoms with Crippen LogP contribution < -0.4 is 0 Å². The Morgan fingerprint density at radius 1 is 1.47 bits per heavy atom. The maximum Gasteiger partial charge on any atom is 0.312 e. The van der Waals surface area contributed by atoms with Gasteiger partial charge in [0.15, 0.2) is 0 Å². The summed E-state index contributed by atoms with van der Waals surface area (Å²) in [6.45, 7) is 3.66. The lowest BCUT2D eigenvalue weighted by molar-refractivity contribution is -0.386. The van der Waals surface area contributed by atoms with E-state index in [4.69, 9.17) is 0 Å². The second-order valence-electron chi connectivity index (χ2n) is 4.87. The molecule has 1 saturated carbocycles. The largest absolute Gasteiger partial charge is 0.388 e. The fraction of sp³-hybridized carbons (Fsp3) is 0.727. The van der Waals surface area contributed by atoms with Crippen LogP contribution in [0.25, 0.3) is 0 Å². The number of hydrogen-bond donors (Lipinski definition) is 1. The Hall–Kier alpha value is -1.43. The highest BCUT2D eigenvalue weighted by atomic mass is 16.6. The zero-order valence-electron chi connectivity index (χ0n) is 10.1. The van der Waals surface area contributed by atoms with E-state index in [0.29, 0.717) is 17.9 Å². The molecule has 6 heteroatoms. The second-order valence-corrected chi connectivity index (χ2v) is 4.87. The van der Waals surface area contributed by atoms with Gasteiger partial charge in [-0.2, -0.15) is 5.10 Å². The topological polar surface area (TPSA) is 81.2 Å². The zero-order valence-corrected chi connectivity index (χ0v) is 10.1. The number of hydrogen-bond acceptors (Lipinski definition) is 4. The summed E-state index contributed by atoms with van der Waals surface area (Å²) in [6, 6.07) is 0. The second kappa shape index (κ2) is 4.10. The van der Waals surface area contributed by atoms with E-state index >= 15 is 0 Å². The normalized spacial score (nSPS) is 18.5. The summed E-state index contributed by atoms with van der Waals surface area (Å²) >= 11 is 0. The van der Waals surface area contributed by atoms with E-state index in [-0.39, 0.29) is 5.69 Å². The van der Waals surface area contributed by atoms with Gasteiger partial charge in [-0.05, 0) is 26.7 Å². The summed E-state index contributed by atoms with van der Waals surface area (Å²) in [5, 5.41) is 25.3. The number of aromatic nitrogens is 2. The van der Waals surface area contributed by atoms with Crippen molar-refractivity contribution in [1.82, 2.24) is 9.78 Å². The van der Waals surface area contributed by atoms with E-state index in [0.717, 1.165) is 25.7 Å². The third-order valence-corrected chi connectivity index (χ3v) is 3.50. The smallest absolute Gasteiger partial charge is 0.312 e. The van der Waals surface area contributed by atoms with Crippen LogP contribution in [0.5, 0.6) is 0 Å². The molecule has 0 atom stereocenters. The first kappa shape index (κ1) is 12.0. The molecule has 1 heterocycles. The molecule has 1 aromatic rings. The molecule has 0 bridgehead atoms. The lowest BCUT2D eigenvalue weighted by atomic mass is 10.0. The third-order valence-electron chi connectivity index (χ3n) is 3.50. The van der Waals surface area contributed by atoms with Crippen LogP contribution in [-0.2, 0) is 6.54 Å². The highest BCUT2D eigenvalue weighted by molar-refractivity contribution is 5.39. The van der Waals surface area contributed by atoms with Gasteiger partial charge in [-0.3, -0.25) is 14.8 Å². The summed E-state index contributed by atoms with van der Waals surface area (Å²) in [6.07, 6.45) is 3.52. The predicted octanol–water partition coefficient (Wildman–Crippen LogP) is 1.71. The molecule has 0 unspecified atom stereocenters. The number of nitro groups is 1. The van der Waals surface area contributed by atoms with Gasteiger partial charge in [-0.1, -0.05) is 12.8 Å². The van der Waals surface area contributed by atoms with Crippen LogP contribution in [0.1, 0.15) is 37.1 Å². The standard InChI is InChI=1S/C11H17N3O3/c1-8-10(14(16)17)9(2)13(12-8)7-11(15)5-3-4-6-11/h15H,3-7H2,1-2H3. The Morgan fingerprint density at radius 3 is 2.53 bits per heavy atom. The Balaban J connectivity index is 2.28. The first-order valence-corrected chi connectivity index (χ1v) is 5.84. The number of aliphatic hydroxyl groups is 1. The molecule has 0 amide bonds. The van der Waals surface area contributed by atoms with Crippen molar-refractivity contribution in [3.05, 3.63) is 21.5 Å². The van der Waals surface area contributed by atoms with E-state index in [2.05, 4.69) is 5.10 Å². The van der Waals surface area contributed by atoms with Crippen LogP contribution in [0, 0.1) is 24.0 Å². The lowest BCUT2D eigenvalue weighted by Gasteiger charge is -2.22. The molecule has 2 rings (SSSR count). The van der Waals surface area contributed by atoms with E-state index in [1.807, 2.05) is 0 Å². The molecular weight excluding hydrogens is 222 g/mol. The average Bonchev–Trinajstić information content (AvgIpc) is 2.73. The van der Waals surface area contributed by atoms with Crippen LogP contribution in [0.15, 0.2) is 0 Å². The summed E-state index contributed by atoms with van der Waals surface area (Å²) in [4.78, 5) is 10.5. The first-order valence-electron chi connectivity index (χ1n) is 5.84. The molecule has 94 valence electrons. The van der Waals surface area contributed by atoms with Gasteiger partial charge < -0.3 is 5.11 Å². The molecule has 1 aliphatic carbocycles. The number of nitrogens with zero attached hydrogens (tertiary/aromatic N) is 3. The Kier molecular flexibility index (Phi) is 2.91. The van der Waals surface area contributed by atoms with Crippen molar-refractivity contribution >= 4 is 5.69 Å². The van der Waals surface area contributed by atoms with Crippen molar-refractivity contribution in [2.24, 2.45) is 0 Å². The molecule has 0 radical (unpaired) electrons. The quantitative estimate of drug-likeness (QED) is 0.643. The molecule has 0 aliphatic heterocycles. The van der Waals surface area contributed by atoms with Crippen molar-refractivity contribution in [2.45, 2.75) is 51.7 Å². The van der Waals surface area contributed by atoms with Gasteiger partial charge >= 0.3 is 5.69 Å². The highest BCUT2D eigenvalue weighted by Gasteiger charge is 2.33. The van der Waals surface area contributed by atoms with Crippen molar-refractivity contribution in [3.63, 3.8) is 0 Å². The van der Waals surface area contributed by atoms with Gasteiger partial charge in [0.2, 0.25) is 0 Å². The molecule has 0 saturated heterocycles. The van der Waals surface area contributed by atoms with Crippen LogP contribution in [0.3, 0.4) is 0 Å². The van der Waals surface area contributed by atoms with Gasteiger partial charge in [-0.25, -0.2) is 0 Å². The monoisotopic (exact) mass is 239 g/mol. The van der Waals surface area contributed by atoms with Gasteiger partial charge in [0, 0.05) is 0 Å². The fourth-order valence-electron chi connectivity index (χ4n) is 2.58. The number of rotatable bonds is 3. The molecule has 1 fully saturated rings. The first-order chi connectivity index (χ1) is 7.93. The summed E-state index contributed by atoms with van der Waals surface area (Å²) < 4.78 is 1.57. The van der Waals surface area contributed by atoms with Gasteiger partial charge in [-0.15, -0.1) is 0 Å². The van der Waals surface area contributed by atoms with E-state index in [1.54, 1.807) is 18.5 Å². The summed E-state index contributed by atoms with van der Waals surface area (Å²) in [5.41, 5.74) is 0.255. The van der Waals surface area contributed by atoms with Crippen molar-refractivity contribution in [1.29, 1.82) is 0 Å². The van der Waals surface area contributed by atoms with Crippen molar-refractivity contribution in [2.75, 3.05) is 0 Å². The van der Waals surface area contributed by atoms with Crippen molar-refractivity contribution in [3.8, 4) is 0 Å². The highest BCUT2D eigenvalue weighted by Crippen LogP contribution is 2.32. The van der Waals surface area contributed by atoms with Crippen LogP contribution in [-0.4, -0.2) is 25.4 Å². The Labute approximate surface area is 99.4 Å². The van der Waals surface area contributed by atoms with Crippen molar-refractivity contribution < 1.29 is 10.0 Å². The summed E-state index contributed by atoms with van der Waals surface area (Å²) in [7, 11) is 0. The van der Waals surface area contributed by atoms with E-state index in [9.17, 15) is 15.2 Å². The van der Waals surface area contributed by atoms with E-state index in [1.165, 1.54) is 0 Å². The zero-order chi connectivity index (χ0) is 12.6. The van der Waals surface area contributed by atoms with Gasteiger partial charge in [0.05, 0.1) is 17.1 Å². The third kappa shape index (κ3) is 2.17.